The van der Waals surface area contributed by atoms with Crippen molar-refractivity contribution in [3.05, 3.63) is 35.1 Å². The highest BCUT2D eigenvalue weighted by atomic mass is 19.1. The van der Waals surface area contributed by atoms with Gasteiger partial charge in [-0.3, -0.25) is 9.69 Å². The van der Waals surface area contributed by atoms with Crippen LogP contribution in [0.3, 0.4) is 0 Å². The molecular weight excluding hydrogens is 233 g/mol. The number of hydrogen-bond acceptors (Lipinski definition) is 2. The Labute approximate surface area is 107 Å². The molecule has 0 aromatic heterocycles. The first-order valence-electron chi connectivity index (χ1n) is 5.92. The molecule has 0 bridgehead atoms. The molecule has 0 heterocycles. The van der Waals surface area contributed by atoms with Gasteiger partial charge in [0, 0.05) is 12.1 Å². The molecule has 0 saturated carbocycles. The monoisotopic (exact) mass is 253 g/mol. The van der Waals surface area contributed by atoms with E-state index in [2.05, 4.69) is 0 Å². The van der Waals surface area contributed by atoms with Crippen LogP contribution in [0, 0.1) is 12.7 Å². The van der Waals surface area contributed by atoms with E-state index < -0.39 is 5.97 Å². The highest BCUT2D eigenvalue weighted by Crippen LogP contribution is 2.19. The van der Waals surface area contributed by atoms with Crippen molar-refractivity contribution in [3.63, 3.8) is 0 Å². The SMILES string of the molecule is Cc1ccc(F)cc1CN(CC(=O)O)C(C)(C)C. The number of carboxylic acids is 1. The minimum absolute atomic E-state index is 0.0561. The van der Waals surface area contributed by atoms with Gasteiger partial charge in [0.25, 0.3) is 0 Å². The molecule has 0 aliphatic carbocycles. The van der Waals surface area contributed by atoms with Crippen LogP contribution in [0.4, 0.5) is 4.39 Å². The smallest absolute Gasteiger partial charge is 0.317 e. The van der Waals surface area contributed by atoms with Gasteiger partial charge in [-0.05, 0) is 51.0 Å². The van der Waals surface area contributed by atoms with E-state index in [4.69, 9.17) is 5.11 Å². The molecule has 18 heavy (non-hydrogen) atoms. The van der Waals surface area contributed by atoms with Crippen LogP contribution in [-0.4, -0.2) is 28.1 Å². The maximum absolute atomic E-state index is 13.2. The van der Waals surface area contributed by atoms with Crippen molar-refractivity contribution in [2.45, 2.75) is 39.8 Å². The summed E-state index contributed by atoms with van der Waals surface area (Å²) in [5.74, 6) is -1.17. The highest BCUT2D eigenvalue weighted by Gasteiger charge is 2.24. The fraction of sp³-hybridized carbons (Fsp3) is 0.500. The average Bonchev–Trinajstić information content (AvgIpc) is 2.20. The number of aryl methyl sites for hydroxylation is 1. The van der Waals surface area contributed by atoms with Gasteiger partial charge in [-0.2, -0.15) is 0 Å². The molecule has 1 N–H and O–H groups in total. The third kappa shape index (κ3) is 4.11. The number of benzene rings is 1. The molecule has 100 valence electrons. The lowest BCUT2D eigenvalue weighted by Crippen LogP contribution is -2.43. The van der Waals surface area contributed by atoms with Crippen LogP contribution in [0.5, 0.6) is 0 Å². The predicted octanol–water partition coefficient (Wildman–Crippen LogP) is 2.82. The van der Waals surface area contributed by atoms with E-state index in [0.717, 1.165) is 11.1 Å². The average molecular weight is 253 g/mol. The Morgan fingerprint density at radius 2 is 2.00 bits per heavy atom. The van der Waals surface area contributed by atoms with E-state index in [0.29, 0.717) is 6.54 Å². The summed E-state index contributed by atoms with van der Waals surface area (Å²) in [6.07, 6.45) is 0. The predicted molar refractivity (Wildman–Crippen MR) is 68.9 cm³/mol. The molecule has 0 atom stereocenters. The summed E-state index contributed by atoms with van der Waals surface area (Å²) in [6, 6.07) is 4.60. The molecule has 0 spiro atoms. The van der Waals surface area contributed by atoms with Crippen LogP contribution in [0.1, 0.15) is 31.9 Å². The Balaban J connectivity index is 2.96. The maximum atomic E-state index is 13.2. The molecule has 4 heteroatoms. The van der Waals surface area contributed by atoms with Crippen molar-refractivity contribution >= 4 is 5.97 Å². The second kappa shape index (κ2) is 5.48. The van der Waals surface area contributed by atoms with Crippen LogP contribution < -0.4 is 0 Å². The van der Waals surface area contributed by atoms with Crippen LogP contribution >= 0.6 is 0 Å². The zero-order chi connectivity index (χ0) is 13.9. The molecule has 0 fully saturated rings. The molecule has 1 rings (SSSR count). The summed E-state index contributed by atoms with van der Waals surface area (Å²) in [4.78, 5) is 12.7. The topological polar surface area (TPSA) is 40.5 Å². The first-order chi connectivity index (χ1) is 8.20. The van der Waals surface area contributed by atoms with Gasteiger partial charge >= 0.3 is 5.97 Å². The lowest BCUT2D eigenvalue weighted by molar-refractivity contribution is -0.139. The number of carboxylic acid groups (broad SMARTS) is 1. The van der Waals surface area contributed by atoms with Crippen molar-refractivity contribution in [2.75, 3.05) is 6.54 Å². The fourth-order valence-corrected chi connectivity index (χ4v) is 1.71. The third-order valence-corrected chi connectivity index (χ3v) is 2.95. The summed E-state index contributed by atoms with van der Waals surface area (Å²) in [6.45, 7) is 8.12. The van der Waals surface area contributed by atoms with Crippen LogP contribution in [0.15, 0.2) is 18.2 Å². The minimum atomic E-state index is -0.876. The molecular formula is C14H20FNO2. The summed E-state index contributed by atoms with van der Waals surface area (Å²) < 4.78 is 13.2. The van der Waals surface area contributed by atoms with Crippen LogP contribution in [-0.2, 0) is 11.3 Å². The second-order valence-corrected chi connectivity index (χ2v) is 5.49. The standard InChI is InChI=1S/C14H20FNO2/c1-10-5-6-12(15)7-11(10)8-16(9-13(17)18)14(2,3)4/h5-7H,8-9H2,1-4H3,(H,17,18). The number of aliphatic carboxylic acids is 1. The van der Waals surface area contributed by atoms with Gasteiger partial charge in [0.2, 0.25) is 0 Å². The Morgan fingerprint density at radius 3 is 2.50 bits per heavy atom. The lowest BCUT2D eigenvalue weighted by atomic mass is 10.0. The summed E-state index contributed by atoms with van der Waals surface area (Å²) in [5, 5.41) is 8.93. The van der Waals surface area contributed by atoms with Crippen molar-refractivity contribution in [2.24, 2.45) is 0 Å². The second-order valence-electron chi connectivity index (χ2n) is 5.49. The summed E-state index contributed by atoms with van der Waals surface area (Å²) >= 11 is 0. The molecule has 0 radical (unpaired) electrons. The van der Waals surface area contributed by atoms with E-state index in [1.165, 1.54) is 12.1 Å². The molecule has 0 aliphatic heterocycles. The Kier molecular flexibility index (Phi) is 4.46. The number of carbonyl (C=O) groups is 1. The third-order valence-electron chi connectivity index (χ3n) is 2.95. The van der Waals surface area contributed by atoms with Gasteiger partial charge < -0.3 is 5.11 Å². The largest absolute Gasteiger partial charge is 0.480 e. The van der Waals surface area contributed by atoms with Gasteiger partial charge in [0.15, 0.2) is 0 Å². The van der Waals surface area contributed by atoms with Crippen molar-refractivity contribution in [3.8, 4) is 0 Å². The van der Waals surface area contributed by atoms with Crippen LogP contribution in [0.25, 0.3) is 0 Å². The minimum Gasteiger partial charge on any atom is -0.480 e. The molecule has 0 aliphatic rings. The van der Waals surface area contributed by atoms with Gasteiger partial charge in [0.05, 0.1) is 6.54 Å². The zero-order valence-electron chi connectivity index (χ0n) is 11.3. The molecule has 1 aromatic carbocycles. The zero-order valence-corrected chi connectivity index (χ0v) is 11.3. The van der Waals surface area contributed by atoms with E-state index in [9.17, 15) is 9.18 Å². The quantitative estimate of drug-likeness (QED) is 0.897. The van der Waals surface area contributed by atoms with Gasteiger partial charge in [0.1, 0.15) is 5.82 Å². The lowest BCUT2D eigenvalue weighted by Gasteiger charge is -2.34. The molecule has 3 nitrogen and oxygen atoms in total. The van der Waals surface area contributed by atoms with Gasteiger partial charge in [-0.15, -0.1) is 0 Å². The van der Waals surface area contributed by atoms with E-state index in [1.54, 1.807) is 6.07 Å². The molecule has 0 unspecified atom stereocenters. The first-order valence-corrected chi connectivity index (χ1v) is 5.92. The fourth-order valence-electron chi connectivity index (χ4n) is 1.71. The Bertz CT molecular complexity index is 438. The Hall–Kier alpha value is -1.42. The molecule has 0 amide bonds. The van der Waals surface area contributed by atoms with E-state index in [1.807, 2.05) is 32.6 Å². The highest BCUT2D eigenvalue weighted by molar-refractivity contribution is 5.69. The number of nitrogens with zero attached hydrogens (tertiary/aromatic N) is 1. The number of hydrogen-bond donors (Lipinski definition) is 1. The number of halogens is 1. The summed E-state index contributed by atoms with van der Waals surface area (Å²) in [5.41, 5.74) is 1.51. The van der Waals surface area contributed by atoms with Crippen molar-refractivity contribution < 1.29 is 14.3 Å². The summed E-state index contributed by atoms with van der Waals surface area (Å²) in [7, 11) is 0. The van der Waals surface area contributed by atoms with Crippen molar-refractivity contribution in [1.82, 2.24) is 4.90 Å². The Morgan fingerprint density at radius 1 is 1.39 bits per heavy atom. The van der Waals surface area contributed by atoms with Crippen molar-refractivity contribution in [1.29, 1.82) is 0 Å². The van der Waals surface area contributed by atoms with Crippen LogP contribution in [0.2, 0.25) is 0 Å². The van der Waals surface area contributed by atoms with Gasteiger partial charge in [-0.1, -0.05) is 6.07 Å². The van der Waals surface area contributed by atoms with E-state index in [-0.39, 0.29) is 17.9 Å². The molecule has 1 aromatic rings. The molecule has 0 saturated heterocycles. The van der Waals surface area contributed by atoms with E-state index >= 15 is 0 Å². The first kappa shape index (κ1) is 14.6. The normalized spacial score (nSPS) is 11.9. The number of rotatable bonds is 4. The van der Waals surface area contributed by atoms with Gasteiger partial charge in [-0.25, -0.2) is 4.39 Å². The maximum Gasteiger partial charge on any atom is 0.317 e.